The van der Waals surface area contributed by atoms with Gasteiger partial charge in [-0.05, 0) is 24.6 Å². The van der Waals surface area contributed by atoms with Crippen molar-refractivity contribution in [3.63, 3.8) is 0 Å². The van der Waals surface area contributed by atoms with Gasteiger partial charge in [0.2, 0.25) is 6.04 Å². The number of pyridine rings is 1. The molecule has 0 aliphatic heterocycles. The van der Waals surface area contributed by atoms with Crippen LogP contribution >= 0.6 is 0 Å². The van der Waals surface area contributed by atoms with Crippen LogP contribution in [0.3, 0.4) is 0 Å². The monoisotopic (exact) mass is 378 g/mol. The molecule has 0 bridgehead atoms. The van der Waals surface area contributed by atoms with Crippen molar-refractivity contribution >= 4 is 5.91 Å². The Morgan fingerprint density at radius 3 is 2.15 bits per heavy atom. The van der Waals surface area contributed by atoms with Crippen molar-refractivity contribution in [1.29, 1.82) is 0 Å². The normalized spacial score (nSPS) is 12.3. The Bertz CT molecular complexity index is 881. The molecule has 3 aromatic rings. The average molecular weight is 379 g/mol. The van der Waals surface area contributed by atoms with Gasteiger partial charge in [-0.2, -0.15) is 4.57 Å². The molecule has 1 amide bonds. The van der Waals surface area contributed by atoms with Gasteiger partial charge in [-0.25, -0.2) is 0 Å². The first-order valence-electron chi connectivity index (χ1n) is 8.73. The minimum atomic E-state index is -0.0911. The van der Waals surface area contributed by atoms with E-state index in [1.165, 1.54) is 0 Å². The molecule has 3 rings (SSSR count). The number of carbonyl (C=O) groups is 1. The molecule has 0 aliphatic rings. The van der Waals surface area contributed by atoms with Crippen molar-refractivity contribution in [2.24, 2.45) is 0 Å². The van der Waals surface area contributed by atoms with E-state index in [-0.39, 0.29) is 30.4 Å². The fraction of sp³-hybridized carbons (Fsp3) is 0.130. The highest BCUT2D eigenvalue weighted by atomic mass is 35.5. The zero-order chi connectivity index (χ0) is 18.4. The fourth-order valence-corrected chi connectivity index (χ4v) is 2.99. The summed E-state index contributed by atoms with van der Waals surface area (Å²) in [5.74, 6) is -0.0911. The van der Waals surface area contributed by atoms with Gasteiger partial charge in [0.15, 0.2) is 12.4 Å². The summed E-state index contributed by atoms with van der Waals surface area (Å²) < 4.78 is 2.00. The molecule has 4 heteroatoms. The number of rotatable bonds is 6. The summed E-state index contributed by atoms with van der Waals surface area (Å²) in [4.78, 5) is 12.7. The second kappa shape index (κ2) is 9.70. The van der Waals surface area contributed by atoms with E-state index in [0.717, 1.165) is 11.1 Å². The molecule has 0 saturated heterocycles. The molecule has 1 aromatic heterocycles. The van der Waals surface area contributed by atoms with Gasteiger partial charge in [0.1, 0.15) is 5.56 Å². The van der Waals surface area contributed by atoms with Crippen LogP contribution in [0.1, 0.15) is 40.5 Å². The molecule has 0 spiro atoms. The van der Waals surface area contributed by atoms with Crippen molar-refractivity contribution in [2.75, 3.05) is 0 Å². The maximum atomic E-state index is 12.7. The quantitative estimate of drug-likeness (QED) is 0.508. The van der Waals surface area contributed by atoms with E-state index in [4.69, 9.17) is 0 Å². The van der Waals surface area contributed by atoms with Crippen LogP contribution in [0.5, 0.6) is 0 Å². The van der Waals surface area contributed by atoms with Crippen LogP contribution in [-0.4, -0.2) is 5.91 Å². The molecular weight excluding hydrogens is 356 g/mol. The van der Waals surface area contributed by atoms with E-state index in [0.29, 0.717) is 5.56 Å². The van der Waals surface area contributed by atoms with Crippen LogP contribution in [0.15, 0.2) is 97.8 Å². The molecule has 0 fully saturated rings. The predicted octanol–water partition coefficient (Wildman–Crippen LogP) is 1.24. The Labute approximate surface area is 166 Å². The third-order valence-electron chi connectivity index (χ3n) is 4.42. The number of carbonyl (C=O) groups excluding carboxylic acids is 1. The van der Waals surface area contributed by atoms with Crippen molar-refractivity contribution in [3.8, 4) is 0 Å². The molecule has 2 unspecified atom stereocenters. The van der Waals surface area contributed by atoms with E-state index < -0.39 is 0 Å². The Hall–Kier alpha value is -2.91. The maximum Gasteiger partial charge on any atom is 0.257 e. The molecule has 1 heterocycles. The Morgan fingerprint density at radius 1 is 0.963 bits per heavy atom. The maximum absolute atomic E-state index is 12.7. The number of nitrogens with one attached hydrogen (secondary N) is 1. The standard InChI is InChI=1S/C23H22N2O.ClH/c1-3-22(20-13-8-5-9-14-20)25-16-10-15-21(17-25)23(26)24-18(2)19-11-6-4-7-12-19;/h3-18,22H,1H2,2H3;1H. The zero-order valence-electron chi connectivity index (χ0n) is 15.3. The lowest BCUT2D eigenvalue weighted by atomic mass is 10.1. The molecule has 3 nitrogen and oxygen atoms in total. The number of halogens is 1. The molecule has 0 radical (unpaired) electrons. The number of benzene rings is 2. The second-order valence-electron chi connectivity index (χ2n) is 6.24. The summed E-state index contributed by atoms with van der Waals surface area (Å²) in [5.41, 5.74) is 2.83. The predicted molar refractivity (Wildman–Crippen MR) is 104 cm³/mol. The van der Waals surface area contributed by atoms with Gasteiger partial charge in [-0.1, -0.05) is 67.2 Å². The Balaban J connectivity index is 0.00000261. The lowest BCUT2D eigenvalue weighted by molar-refractivity contribution is -0.703. The third kappa shape index (κ3) is 5.05. The van der Waals surface area contributed by atoms with Gasteiger partial charge >= 0.3 is 0 Å². The van der Waals surface area contributed by atoms with Crippen LogP contribution in [0.25, 0.3) is 0 Å². The first-order valence-corrected chi connectivity index (χ1v) is 8.73. The van der Waals surface area contributed by atoms with Crippen molar-refractivity contribution in [1.82, 2.24) is 5.32 Å². The molecule has 0 aliphatic carbocycles. The molecule has 2 atom stereocenters. The van der Waals surface area contributed by atoms with Crippen molar-refractivity contribution in [2.45, 2.75) is 19.0 Å². The topological polar surface area (TPSA) is 33.0 Å². The highest BCUT2D eigenvalue weighted by molar-refractivity contribution is 5.93. The minimum absolute atomic E-state index is 0. The fourth-order valence-electron chi connectivity index (χ4n) is 2.99. The number of amides is 1. The van der Waals surface area contributed by atoms with Crippen LogP contribution in [0.4, 0.5) is 0 Å². The van der Waals surface area contributed by atoms with Gasteiger partial charge in [0.05, 0.1) is 6.04 Å². The third-order valence-corrected chi connectivity index (χ3v) is 4.42. The molecule has 2 aromatic carbocycles. The largest absolute Gasteiger partial charge is 1.00 e. The SMILES string of the molecule is C=CC(c1ccccc1)[n+]1cccc(C(=O)NC(C)c2ccccc2)c1.[Cl-]. The van der Waals surface area contributed by atoms with Crippen LogP contribution < -0.4 is 22.3 Å². The highest BCUT2D eigenvalue weighted by Gasteiger charge is 2.20. The van der Waals surface area contributed by atoms with Gasteiger partial charge in [-0.15, -0.1) is 0 Å². The van der Waals surface area contributed by atoms with Crippen molar-refractivity contribution in [3.05, 3.63) is 115 Å². The van der Waals surface area contributed by atoms with Gasteiger partial charge in [0.25, 0.3) is 5.91 Å². The highest BCUT2D eigenvalue weighted by Crippen LogP contribution is 2.14. The molecular formula is C23H23ClN2O. The Morgan fingerprint density at radius 2 is 1.56 bits per heavy atom. The van der Waals surface area contributed by atoms with Crippen LogP contribution in [-0.2, 0) is 0 Å². The first kappa shape index (κ1) is 20.4. The number of allylic oxidation sites excluding steroid dienone is 1. The van der Waals surface area contributed by atoms with E-state index in [2.05, 4.69) is 24.0 Å². The number of nitrogens with zero attached hydrogens (tertiary/aromatic N) is 1. The van der Waals surface area contributed by atoms with Gasteiger partial charge in [0, 0.05) is 11.6 Å². The average Bonchev–Trinajstić information content (AvgIpc) is 2.70. The summed E-state index contributed by atoms with van der Waals surface area (Å²) in [6, 6.07) is 23.7. The van der Waals surface area contributed by atoms with Crippen LogP contribution in [0, 0.1) is 0 Å². The first-order chi connectivity index (χ1) is 12.7. The Kier molecular flexibility index (Phi) is 7.33. The zero-order valence-corrected chi connectivity index (χ0v) is 16.0. The van der Waals surface area contributed by atoms with Gasteiger partial charge in [-0.3, -0.25) is 4.79 Å². The molecule has 1 N–H and O–H groups in total. The minimum Gasteiger partial charge on any atom is -1.00 e. The van der Waals surface area contributed by atoms with Crippen LogP contribution in [0.2, 0.25) is 0 Å². The number of hydrogen-bond acceptors (Lipinski definition) is 1. The second-order valence-corrected chi connectivity index (χ2v) is 6.24. The molecule has 27 heavy (non-hydrogen) atoms. The number of hydrogen-bond donors (Lipinski definition) is 1. The summed E-state index contributed by atoms with van der Waals surface area (Å²) in [6.07, 6.45) is 5.70. The lowest BCUT2D eigenvalue weighted by Gasteiger charge is -2.14. The van der Waals surface area contributed by atoms with E-state index >= 15 is 0 Å². The summed E-state index contributed by atoms with van der Waals surface area (Å²) in [6.45, 7) is 5.94. The molecule has 138 valence electrons. The van der Waals surface area contributed by atoms with Gasteiger partial charge < -0.3 is 17.7 Å². The lowest BCUT2D eigenvalue weighted by Crippen LogP contribution is -3.00. The summed E-state index contributed by atoms with van der Waals surface area (Å²) >= 11 is 0. The van der Waals surface area contributed by atoms with E-state index in [1.54, 1.807) is 0 Å². The van der Waals surface area contributed by atoms with E-state index in [9.17, 15) is 4.79 Å². The smallest absolute Gasteiger partial charge is 0.257 e. The number of aromatic nitrogens is 1. The van der Waals surface area contributed by atoms with E-state index in [1.807, 2.05) is 90.6 Å². The molecule has 0 saturated carbocycles. The van der Waals surface area contributed by atoms with Crippen molar-refractivity contribution < 1.29 is 21.8 Å². The summed E-state index contributed by atoms with van der Waals surface area (Å²) in [7, 11) is 0. The summed E-state index contributed by atoms with van der Waals surface area (Å²) in [5, 5.41) is 3.06.